The summed E-state index contributed by atoms with van der Waals surface area (Å²) in [6.07, 6.45) is 1.29. The van der Waals surface area contributed by atoms with Crippen molar-refractivity contribution in [2.45, 2.75) is 16.3 Å². The molecule has 0 fully saturated rings. The van der Waals surface area contributed by atoms with Crippen molar-refractivity contribution >= 4 is 34.6 Å². The number of nitro groups is 1. The second-order valence-electron chi connectivity index (χ2n) is 3.24. The van der Waals surface area contributed by atoms with Crippen LogP contribution in [0.4, 0.5) is 11.5 Å². The van der Waals surface area contributed by atoms with E-state index in [1.54, 1.807) is 7.05 Å². The van der Waals surface area contributed by atoms with Crippen LogP contribution in [0.2, 0.25) is 0 Å². The zero-order chi connectivity index (χ0) is 13.1. The van der Waals surface area contributed by atoms with Crippen molar-refractivity contribution in [3.63, 3.8) is 0 Å². The number of nitrogens with zero attached hydrogens (tertiary/aromatic N) is 4. The van der Waals surface area contributed by atoms with Crippen molar-refractivity contribution in [2.24, 2.45) is 0 Å². The number of hydrogen-bond acceptors (Lipinski definition) is 8. The Bertz CT molecular complexity index is 586. The number of aryl methyl sites for hydroxylation is 1. The number of hydrogen-bond donors (Lipinski definition) is 1. The minimum absolute atomic E-state index is 0.127. The summed E-state index contributed by atoms with van der Waals surface area (Å²) >= 11 is 2.59. The van der Waals surface area contributed by atoms with Crippen LogP contribution in [0.3, 0.4) is 0 Å². The molecule has 0 atom stereocenters. The predicted octanol–water partition coefficient (Wildman–Crippen LogP) is 2.34. The van der Waals surface area contributed by atoms with E-state index in [0.717, 1.165) is 10.0 Å². The second kappa shape index (κ2) is 5.27. The van der Waals surface area contributed by atoms with E-state index in [9.17, 15) is 10.1 Å². The molecule has 0 aromatic carbocycles. The van der Waals surface area contributed by atoms with Crippen LogP contribution in [0, 0.1) is 17.0 Å². The van der Waals surface area contributed by atoms with E-state index >= 15 is 0 Å². The maximum absolute atomic E-state index is 11.1. The molecule has 0 aliphatic heterocycles. The molecule has 0 radical (unpaired) electrons. The van der Waals surface area contributed by atoms with Gasteiger partial charge in [0.1, 0.15) is 6.33 Å². The lowest BCUT2D eigenvalue weighted by molar-refractivity contribution is -0.387. The highest BCUT2D eigenvalue weighted by atomic mass is 32.2. The molecule has 2 rings (SSSR count). The molecule has 0 aliphatic rings. The third kappa shape index (κ3) is 2.57. The van der Waals surface area contributed by atoms with Gasteiger partial charge in [-0.3, -0.25) is 10.1 Å². The Labute approximate surface area is 111 Å². The summed E-state index contributed by atoms with van der Waals surface area (Å²) in [6.45, 7) is 1.87. The summed E-state index contributed by atoms with van der Waals surface area (Å²) in [5.74, 6) is 0.200. The lowest BCUT2D eigenvalue weighted by atomic mass is 10.5. The summed E-state index contributed by atoms with van der Waals surface area (Å²) in [6, 6.07) is 0. The minimum atomic E-state index is -0.491. The normalized spacial score (nSPS) is 10.3. The van der Waals surface area contributed by atoms with E-state index < -0.39 is 4.92 Å². The molecule has 0 spiro atoms. The summed E-state index contributed by atoms with van der Waals surface area (Å²) in [5, 5.41) is 15.9. The first-order valence-corrected chi connectivity index (χ1v) is 6.58. The largest absolute Gasteiger partial charge is 0.367 e. The summed E-state index contributed by atoms with van der Waals surface area (Å²) in [4.78, 5) is 22.6. The molecule has 0 saturated heterocycles. The smallest absolute Gasteiger partial charge is 0.343 e. The van der Waals surface area contributed by atoms with Gasteiger partial charge in [0.2, 0.25) is 5.82 Å². The Balaban J connectivity index is 2.41. The van der Waals surface area contributed by atoms with E-state index in [0.29, 0.717) is 0 Å². The van der Waals surface area contributed by atoms with Gasteiger partial charge in [-0.25, -0.2) is 15.0 Å². The van der Waals surface area contributed by atoms with Gasteiger partial charge in [0.25, 0.3) is 0 Å². The fraction of sp³-hybridized carbons (Fsp3) is 0.222. The monoisotopic (exact) mass is 283 g/mol. The van der Waals surface area contributed by atoms with Crippen molar-refractivity contribution in [2.75, 3.05) is 12.4 Å². The van der Waals surface area contributed by atoms with Crippen LogP contribution in [0.25, 0.3) is 0 Å². The maximum Gasteiger partial charge on any atom is 0.343 e. The molecular weight excluding hydrogens is 274 g/mol. The summed E-state index contributed by atoms with van der Waals surface area (Å²) < 4.78 is 0.719. The van der Waals surface area contributed by atoms with Gasteiger partial charge in [-0.15, -0.1) is 11.3 Å². The van der Waals surface area contributed by atoms with Crippen LogP contribution in [0.1, 0.15) is 5.69 Å². The molecule has 0 amide bonds. The number of thiazole rings is 1. The van der Waals surface area contributed by atoms with Gasteiger partial charge < -0.3 is 5.32 Å². The van der Waals surface area contributed by atoms with Crippen LogP contribution >= 0.6 is 23.1 Å². The Hall–Kier alpha value is -1.74. The van der Waals surface area contributed by atoms with E-state index in [4.69, 9.17) is 0 Å². The van der Waals surface area contributed by atoms with Crippen LogP contribution in [0.5, 0.6) is 0 Å². The zero-order valence-electron chi connectivity index (χ0n) is 9.58. The molecule has 0 aliphatic carbocycles. The molecule has 0 unspecified atom stereocenters. The maximum atomic E-state index is 11.1. The van der Waals surface area contributed by atoms with Crippen LogP contribution in [-0.4, -0.2) is 26.9 Å². The Morgan fingerprint density at radius 3 is 2.83 bits per heavy atom. The molecule has 2 aromatic rings. The van der Waals surface area contributed by atoms with E-state index in [-0.39, 0.29) is 16.5 Å². The Morgan fingerprint density at radius 1 is 1.50 bits per heavy atom. The van der Waals surface area contributed by atoms with E-state index in [2.05, 4.69) is 20.3 Å². The molecule has 7 nitrogen and oxygen atoms in total. The zero-order valence-corrected chi connectivity index (χ0v) is 11.2. The van der Waals surface area contributed by atoms with Crippen LogP contribution < -0.4 is 5.32 Å². The molecule has 0 bridgehead atoms. The van der Waals surface area contributed by atoms with Gasteiger partial charge in [0, 0.05) is 18.1 Å². The fourth-order valence-corrected chi connectivity index (χ4v) is 3.06. The fourth-order valence-electron chi connectivity index (χ4n) is 1.25. The SMILES string of the molecule is CNc1ncnc(Sc2nc(C)cs2)c1[N+](=O)[O-]. The van der Waals surface area contributed by atoms with Gasteiger partial charge in [0.05, 0.1) is 4.92 Å². The average Bonchev–Trinajstić information content (AvgIpc) is 2.74. The van der Waals surface area contributed by atoms with Gasteiger partial charge in [-0.2, -0.15) is 0 Å². The molecule has 2 heterocycles. The van der Waals surface area contributed by atoms with Crippen molar-refractivity contribution < 1.29 is 4.92 Å². The van der Waals surface area contributed by atoms with Crippen molar-refractivity contribution in [3.8, 4) is 0 Å². The van der Waals surface area contributed by atoms with Crippen LogP contribution in [-0.2, 0) is 0 Å². The number of rotatable bonds is 4. The van der Waals surface area contributed by atoms with Crippen molar-refractivity contribution in [1.82, 2.24) is 15.0 Å². The molecule has 9 heteroatoms. The lowest BCUT2D eigenvalue weighted by Crippen LogP contribution is -2.02. The number of aromatic nitrogens is 3. The average molecular weight is 283 g/mol. The van der Waals surface area contributed by atoms with E-state index in [1.807, 2.05) is 12.3 Å². The molecule has 94 valence electrons. The van der Waals surface area contributed by atoms with Gasteiger partial charge >= 0.3 is 5.69 Å². The molecule has 2 aromatic heterocycles. The topological polar surface area (TPSA) is 93.8 Å². The van der Waals surface area contributed by atoms with Crippen molar-refractivity contribution in [3.05, 3.63) is 27.5 Å². The standard InChI is InChI=1S/C9H9N5O2S2/c1-5-3-17-9(13-5)18-8-6(14(15)16)7(10-2)11-4-12-8/h3-4H,1-2H3,(H,10,11,12). The number of nitrogens with one attached hydrogen (secondary N) is 1. The van der Waals surface area contributed by atoms with Gasteiger partial charge in [-0.1, -0.05) is 0 Å². The van der Waals surface area contributed by atoms with Gasteiger partial charge in [-0.05, 0) is 18.7 Å². The third-order valence-electron chi connectivity index (χ3n) is 1.99. The van der Waals surface area contributed by atoms with Gasteiger partial charge in [0.15, 0.2) is 9.37 Å². The molecule has 1 N–H and O–H groups in total. The number of anilines is 1. The molecular formula is C9H9N5O2S2. The van der Waals surface area contributed by atoms with Crippen molar-refractivity contribution in [1.29, 1.82) is 0 Å². The first-order chi connectivity index (χ1) is 8.61. The first-order valence-electron chi connectivity index (χ1n) is 4.89. The summed E-state index contributed by atoms with van der Waals surface area (Å²) in [5.41, 5.74) is 0.755. The highest BCUT2D eigenvalue weighted by Gasteiger charge is 2.23. The lowest BCUT2D eigenvalue weighted by Gasteiger charge is -2.03. The first kappa shape index (κ1) is 12.7. The van der Waals surface area contributed by atoms with Crippen LogP contribution in [0.15, 0.2) is 21.1 Å². The Morgan fingerprint density at radius 2 is 2.28 bits per heavy atom. The second-order valence-corrected chi connectivity index (χ2v) is 5.33. The Kier molecular flexibility index (Phi) is 3.72. The third-order valence-corrected chi connectivity index (χ3v) is 4.04. The quantitative estimate of drug-likeness (QED) is 0.523. The summed E-state index contributed by atoms with van der Waals surface area (Å²) in [7, 11) is 1.58. The molecule has 18 heavy (non-hydrogen) atoms. The molecule has 0 saturated carbocycles. The highest BCUT2D eigenvalue weighted by Crippen LogP contribution is 2.37. The predicted molar refractivity (Wildman–Crippen MR) is 69.2 cm³/mol. The highest BCUT2D eigenvalue weighted by molar-refractivity contribution is 8.01. The minimum Gasteiger partial charge on any atom is -0.367 e. The van der Waals surface area contributed by atoms with E-state index in [1.165, 1.54) is 29.4 Å².